The Kier molecular flexibility index (Phi) is 3.43. The Labute approximate surface area is 106 Å². The van der Waals surface area contributed by atoms with Crippen LogP contribution in [0, 0.1) is 0 Å². The zero-order chi connectivity index (χ0) is 13.3. The molecule has 1 aliphatic rings. The highest BCUT2D eigenvalue weighted by atomic mass is 16.5. The molecule has 0 bridgehead atoms. The molecule has 1 amide bonds. The first-order valence-corrected chi connectivity index (χ1v) is 6.01. The number of ether oxygens (including phenoxy) is 1. The molecule has 2 rings (SSSR count). The first-order chi connectivity index (χ1) is 8.49. The number of rotatable bonds is 2. The topological polar surface area (TPSA) is 75.8 Å². The van der Waals surface area contributed by atoms with Gasteiger partial charge in [-0.1, -0.05) is 6.07 Å². The Morgan fingerprint density at radius 1 is 1.61 bits per heavy atom. The fraction of sp³-hybridized carbons (Fsp3) is 0.462. The lowest BCUT2D eigenvalue weighted by molar-refractivity contribution is 0.0598. The van der Waals surface area contributed by atoms with Crippen molar-refractivity contribution in [2.45, 2.75) is 26.1 Å². The summed E-state index contributed by atoms with van der Waals surface area (Å²) < 4.78 is 5.70. The van der Waals surface area contributed by atoms with Gasteiger partial charge in [-0.2, -0.15) is 0 Å². The Hall–Kier alpha value is -1.75. The molecule has 0 saturated carbocycles. The van der Waals surface area contributed by atoms with Crippen LogP contribution in [0.2, 0.25) is 0 Å². The van der Waals surface area contributed by atoms with Crippen molar-refractivity contribution in [2.24, 2.45) is 0 Å². The minimum Gasteiger partial charge on any atom is -0.488 e. The molecule has 1 heterocycles. The van der Waals surface area contributed by atoms with Gasteiger partial charge in [0.05, 0.1) is 12.6 Å². The highest BCUT2D eigenvalue weighted by molar-refractivity contribution is 6.02. The number of β-amino-alcohol motifs (C(OH)–C–C–N with tert-alkyl or cyclic N) is 1. The minimum absolute atomic E-state index is 0.129. The SMILES string of the molecule is CC(O)CN1CC(C)Oc2cccc(N)c2C1=O. The summed E-state index contributed by atoms with van der Waals surface area (Å²) in [5.74, 6) is 0.328. The van der Waals surface area contributed by atoms with E-state index < -0.39 is 6.10 Å². The maximum absolute atomic E-state index is 12.4. The molecule has 0 fully saturated rings. The molecular formula is C13H18N2O3. The van der Waals surface area contributed by atoms with Gasteiger partial charge in [0.2, 0.25) is 0 Å². The van der Waals surface area contributed by atoms with Crippen LogP contribution in [0.4, 0.5) is 5.69 Å². The van der Waals surface area contributed by atoms with E-state index in [1.165, 1.54) is 0 Å². The van der Waals surface area contributed by atoms with Gasteiger partial charge in [-0.05, 0) is 26.0 Å². The lowest BCUT2D eigenvalue weighted by atomic mass is 10.1. The summed E-state index contributed by atoms with van der Waals surface area (Å²) in [6, 6.07) is 5.18. The van der Waals surface area contributed by atoms with Gasteiger partial charge in [0.15, 0.2) is 0 Å². The number of nitrogens with zero attached hydrogens (tertiary/aromatic N) is 1. The van der Waals surface area contributed by atoms with Crippen LogP contribution in [0.1, 0.15) is 24.2 Å². The quantitative estimate of drug-likeness (QED) is 0.764. The smallest absolute Gasteiger partial charge is 0.259 e. The average Bonchev–Trinajstić information content (AvgIpc) is 2.37. The molecule has 2 unspecified atom stereocenters. The summed E-state index contributed by atoms with van der Waals surface area (Å²) in [7, 11) is 0. The number of nitrogens with two attached hydrogens (primary N) is 1. The predicted octanol–water partition coefficient (Wildman–Crippen LogP) is 0.873. The molecule has 0 saturated heterocycles. The number of hydrogen-bond donors (Lipinski definition) is 2. The molecule has 1 aliphatic heterocycles. The largest absolute Gasteiger partial charge is 0.488 e. The molecular weight excluding hydrogens is 232 g/mol. The van der Waals surface area contributed by atoms with Gasteiger partial charge in [0, 0.05) is 12.2 Å². The average molecular weight is 250 g/mol. The molecule has 3 N–H and O–H groups in total. The van der Waals surface area contributed by atoms with Crippen molar-refractivity contribution in [3.05, 3.63) is 23.8 Å². The van der Waals surface area contributed by atoms with E-state index in [0.717, 1.165) is 0 Å². The van der Waals surface area contributed by atoms with E-state index in [2.05, 4.69) is 0 Å². The number of nitrogen functional groups attached to an aromatic ring is 1. The van der Waals surface area contributed by atoms with E-state index >= 15 is 0 Å². The lowest BCUT2D eigenvalue weighted by Gasteiger charge is -2.23. The molecule has 2 atom stereocenters. The molecule has 1 aromatic rings. The van der Waals surface area contributed by atoms with Crippen LogP contribution < -0.4 is 10.5 Å². The predicted molar refractivity (Wildman–Crippen MR) is 68.5 cm³/mol. The molecule has 1 aromatic carbocycles. The fourth-order valence-electron chi connectivity index (χ4n) is 2.16. The highest BCUT2D eigenvalue weighted by Crippen LogP contribution is 2.29. The minimum atomic E-state index is -0.576. The summed E-state index contributed by atoms with van der Waals surface area (Å²) >= 11 is 0. The third-order valence-electron chi connectivity index (χ3n) is 2.85. The Morgan fingerprint density at radius 3 is 3.00 bits per heavy atom. The Balaban J connectivity index is 2.41. The summed E-state index contributed by atoms with van der Waals surface area (Å²) in [4.78, 5) is 14.0. The maximum atomic E-state index is 12.4. The monoisotopic (exact) mass is 250 g/mol. The highest BCUT2D eigenvalue weighted by Gasteiger charge is 2.29. The zero-order valence-corrected chi connectivity index (χ0v) is 10.6. The van der Waals surface area contributed by atoms with Crippen LogP contribution in [0.25, 0.3) is 0 Å². The first kappa shape index (κ1) is 12.7. The number of carbonyl (C=O) groups excluding carboxylic acids is 1. The Bertz CT molecular complexity index is 460. The Morgan fingerprint density at radius 2 is 2.33 bits per heavy atom. The number of anilines is 1. The molecule has 98 valence electrons. The maximum Gasteiger partial charge on any atom is 0.259 e. The van der Waals surface area contributed by atoms with Gasteiger partial charge in [-0.25, -0.2) is 0 Å². The van der Waals surface area contributed by atoms with Gasteiger partial charge >= 0.3 is 0 Å². The van der Waals surface area contributed by atoms with E-state index in [1.54, 1.807) is 30.0 Å². The second-order valence-corrected chi connectivity index (χ2v) is 4.71. The van der Waals surface area contributed by atoms with Crippen LogP contribution in [0.5, 0.6) is 5.75 Å². The van der Waals surface area contributed by atoms with Gasteiger partial charge in [-0.3, -0.25) is 4.79 Å². The zero-order valence-electron chi connectivity index (χ0n) is 10.6. The van der Waals surface area contributed by atoms with Crippen molar-refractivity contribution in [1.29, 1.82) is 0 Å². The van der Waals surface area contributed by atoms with Crippen molar-refractivity contribution >= 4 is 11.6 Å². The second kappa shape index (κ2) is 4.86. The van der Waals surface area contributed by atoms with Crippen LogP contribution in [0.3, 0.4) is 0 Å². The number of hydrogen-bond acceptors (Lipinski definition) is 4. The number of aliphatic hydroxyl groups is 1. The van der Waals surface area contributed by atoms with Crippen molar-refractivity contribution in [3.63, 3.8) is 0 Å². The normalized spacial score (nSPS) is 20.9. The van der Waals surface area contributed by atoms with Gasteiger partial charge in [0.1, 0.15) is 17.4 Å². The second-order valence-electron chi connectivity index (χ2n) is 4.71. The molecule has 5 nitrogen and oxygen atoms in total. The van der Waals surface area contributed by atoms with Gasteiger partial charge in [0.25, 0.3) is 5.91 Å². The summed E-state index contributed by atoms with van der Waals surface area (Å²) in [6.45, 7) is 4.26. The number of carbonyl (C=O) groups is 1. The third-order valence-corrected chi connectivity index (χ3v) is 2.85. The molecule has 0 spiro atoms. The van der Waals surface area contributed by atoms with Gasteiger partial charge in [-0.15, -0.1) is 0 Å². The van der Waals surface area contributed by atoms with Crippen molar-refractivity contribution in [1.82, 2.24) is 4.90 Å². The van der Waals surface area contributed by atoms with E-state index in [1.807, 2.05) is 6.92 Å². The molecule has 18 heavy (non-hydrogen) atoms. The number of fused-ring (bicyclic) bond motifs is 1. The summed E-state index contributed by atoms with van der Waals surface area (Å²) in [6.07, 6.45) is -0.705. The van der Waals surface area contributed by atoms with Crippen LogP contribution in [-0.4, -0.2) is 41.2 Å². The molecule has 0 aromatic heterocycles. The number of amides is 1. The number of benzene rings is 1. The lowest BCUT2D eigenvalue weighted by Crippen LogP contribution is -2.40. The standard InChI is InChI=1S/C13H18N2O3/c1-8(16)6-15-7-9(2)18-11-5-3-4-10(14)12(11)13(15)17/h3-5,8-9,16H,6-7,14H2,1-2H3. The van der Waals surface area contributed by atoms with Crippen molar-refractivity contribution in [3.8, 4) is 5.75 Å². The van der Waals surface area contributed by atoms with E-state index in [0.29, 0.717) is 23.5 Å². The van der Waals surface area contributed by atoms with E-state index in [9.17, 15) is 9.90 Å². The summed E-state index contributed by atoms with van der Waals surface area (Å²) in [5, 5.41) is 9.45. The van der Waals surface area contributed by atoms with E-state index in [-0.39, 0.29) is 18.6 Å². The van der Waals surface area contributed by atoms with Crippen LogP contribution >= 0.6 is 0 Å². The molecule has 0 radical (unpaired) electrons. The van der Waals surface area contributed by atoms with E-state index in [4.69, 9.17) is 10.5 Å². The van der Waals surface area contributed by atoms with Crippen molar-refractivity contribution in [2.75, 3.05) is 18.8 Å². The van der Waals surface area contributed by atoms with Crippen molar-refractivity contribution < 1.29 is 14.6 Å². The fourth-order valence-corrected chi connectivity index (χ4v) is 2.16. The molecule has 0 aliphatic carbocycles. The third kappa shape index (κ3) is 2.41. The number of aliphatic hydroxyl groups excluding tert-OH is 1. The van der Waals surface area contributed by atoms with Gasteiger partial charge < -0.3 is 20.5 Å². The molecule has 5 heteroatoms. The summed E-state index contributed by atoms with van der Waals surface area (Å²) in [5.41, 5.74) is 6.65. The first-order valence-electron chi connectivity index (χ1n) is 6.01. The van der Waals surface area contributed by atoms with Crippen LogP contribution in [-0.2, 0) is 0 Å². The van der Waals surface area contributed by atoms with Crippen LogP contribution in [0.15, 0.2) is 18.2 Å².